The molecule has 0 saturated carbocycles. The van der Waals surface area contributed by atoms with Crippen molar-refractivity contribution < 1.29 is 18.8 Å². The third kappa shape index (κ3) is 6.39. The zero-order valence-electron chi connectivity index (χ0n) is 20.9. The summed E-state index contributed by atoms with van der Waals surface area (Å²) in [4.78, 5) is 31.3. The average molecular weight is 531 g/mol. The van der Waals surface area contributed by atoms with Gasteiger partial charge in [0.15, 0.2) is 0 Å². The lowest BCUT2D eigenvalue weighted by Gasteiger charge is -2.32. The molecule has 0 spiro atoms. The Labute approximate surface area is 225 Å². The number of aromatic nitrogens is 2. The fourth-order valence-electron chi connectivity index (χ4n) is 4.52. The highest BCUT2D eigenvalue weighted by Crippen LogP contribution is 2.30. The van der Waals surface area contributed by atoms with E-state index in [2.05, 4.69) is 15.5 Å². The monoisotopic (exact) mass is 530 g/mol. The number of ether oxygens (including phenoxy) is 1. The molecule has 194 valence electrons. The van der Waals surface area contributed by atoms with Crippen LogP contribution in [0.25, 0.3) is 0 Å². The van der Waals surface area contributed by atoms with Gasteiger partial charge in [-0.1, -0.05) is 28.9 Å². The van der Waals surface area contributed by atoms with E-state index in [9.17, 15) is 9.59 Å². The summed E-state index contributed by atoms with van der Waals surface area (Å²) in [6, 6.07) is 20.2. The molecule has 0 unspecified atom stereocenters. The first-order valence-corrected chi connectivity index (χ1v) is 12.8. The maximum absolute atomic E-state index is 13.0. The van der Waals surface area contributed by atoms with Gasteiger partial charge in [-0.25, -0.2) is 4.98 Å². The molecule has 2 amide bonds. The van der Waals surface area contributed by atoms with Crippen LogP contribution in [0.3, 0.4) is 0 Å². The summed E-state index contributed by atoms with van der Waals surface area (Å²) >= 11 is 5.86. The first-order valence-electron chi connectivity index (χ1n) is 12.4. The van der Waals surface area contributed by atoms with Gasteiger partial charge in [-0.15, -0.1) is 0 Å². The van der Waals surface area contributed by atoms with Gasteiger partial charge in [-0.2, -0.15) is 0 Å². The minimum Gasteiger partial charge on any atom is -0.439 e. The Morgan fingerprint density at radius 3 is 2.42 bits per heavy atom. The Kier molecular flexibility index (Phi) is 7.70. The first kappa shape index (κ1) is 25.5. The van der Waals surface area contributed by atoms with Crippen LogP contribution >= 0.6 is 11.6 Å². The Morgan fingerprint density at radius 1 is 1.05 bits per heavy atom. The molecule has 8 nitrogen and oxygen atoms in total. The van der Waals surface area contributed by atoms with E-state index >= 15 is 0 Å². The smallest absolute Gasteiger partial charge is 0.253 e. The molecule has 1 aliphatic rings. The highest BCUT2D eigenvalue weighted by molar-refractivity contribution is 6.30. The van der Waals surface area contributed by atoms with Gasteiger partial charge in [0.1, 0.15) is 11.5 Å². The van der Waals surface area contributed by atoms with Gasteiger partial charge in [0, 0.05) is 42.7 Å². The SMILES string of the molecule is Cc1cc(CC(=O)Nc2ccc(C3CCN(C(=O)c4ccc(Oc5ccc(Cl)cn5)cc4)CC3)cc2)no1. The summed E-state index contributed by atoms with van der Waals surface area (Å²) in [6.07, 6.45) is 3.45. The van der Waals surface area contributed by atoms with Crippen LogP contribution in [0.15, 0.2) is 77.4 Å². The third-order valence-corrected chi connectivity index (χ3v) is 6.71. The van der Waals surface area contributed by atoms with Crippen LogP contribution < -0.4 is 10.1 Å². The number of nitrogens with zero attached hydrogens (tertiary/aromatic N) is 3. The van der Waals surface area contributed by atoms with Crippen molar-refractivity contribution >= 4 is 29.1 Å². The van der Waals surface area contributed by atoms with Gasteiger partial charge in [-0.3, -0.25) is 9.59 Å². The maximum Gasteiger partial charge on any atom is 0.253 e. The molecule has 3 heterocycles. The minimum atomic E-state index is -0.140. The number of rotatable bonds is 7. The predicted octanol–water partition coefficient (Wildman–Crippen LogP) is 6.02. The number of pyridine rings is 1. The lowest BCUT2D eigenvalue weighted by atomic mass is 9.89. The zero-order valence-corrected chi connectivity index (χ0v) is 21.6. The Hall–Kier alpha value is -4.17. The number of anilines is 1. The lowest BCUT2D eigenvalue weighted by Crippen LogP contribution is -2.37. The molecule has 5 rings (SSSR count). The van der Waals surface area contributed by atoms with E-state index in [1.807, 2.05) is 29.2 Å². The van der Waals surface area contributed by atoms with Crippen LogP contribution in [0, 0.1) is 6.92 Å². The molecular formula is C29H27ClN4O4. The number of hydrogen-bond donors (Lipinski definition) is 1. The van der Waals surface area contributed by atoms with Crippen LogP contribution in [0.1, 0.15) is 46.1 Å². The highest BCUT2D eigenvalue weighted by Gasteiger charge is 2.24. The van der Waals surface area contributed by atoms with Gasteiger partial charge in [0.05, 0.1) is 17.1 Å². The lowest BCUT2D eigenvalue weighted by molar-refractivity contribution is -0.115. The van der Waals surface area contributed by atoms with Crippen molar-refractivity contribution in [1.29, 1.82) is 0 Å². The number of carbonyl (C=O) groups excluding carboxylic acids is 2. The van der Waals surface area contributed by atoms with Crippen molar-refractivity contribution in [3.63, 3.8) is 0 Å². The minimum absolute atomic E-state index is 0.0139. The molecule has 1 fully saturated rings. The molecule has 4 aromatic rings. The molecule has 9 heteroatoms. The number of hydrogen-bond acceptors (Lipinski definition) is 6. The maximum atomic E-state index is 13.0. The summed E-state index contributed by atoms with van der Waals surface area (Å²) in [7, 11) is 0. The number of piperidine rings is 1. The van der Waals surface area contributed by atoms with E-state index in [-0.39, 0.29) is 18.2 Å². The topological polar surface area (TPSA) is 97.6 Å². The number of halogens is 1. The molecule has 0 atom stereocenters. The first-order chi connectivity index (χ1) is 18.4. The van der Waals surface area contributed by atoms with Crippen LogP contribution in [-0.4, -0.2) is 39.9 Å². The normalized spacial score (nSPS) is 13.8. The van der Waals surface area contributed by atoms with Crippen molar-refractivity contribution in [3.05, 3.63) is 101 Å². The van der Waals surface area contributed by atoms with E-state index in [4.69, 9.17) is 20.9 Å². The van der Waals surface area contributed by atoms with Gasteiger partial charge >= 0.3 is 0 Å². The number of likely N-dealkylation sites (tertiary alicyclic amines) is 1. The summed E-state index contributed by atoms with van der Waals surface area (Å²) in [5.74, 6) is 1.96. The standard InChI is InChI=1S/C29H27ClN4O4/c1-19-16-25(33-38-19)17-27(35)32-24-7-2-20(3-8-24)21-12-14-34(15-13-21)29(36)22-4-9-26(10-5-22)37-28-11-6-23(30)18-31-28/h2-11,16,18,21H,12-15,17H2,1H3,(H,32,35). The summed E-state index contributed by atoms with van der Waals surface area (Å²) in [6.45, 7) is 3.17. The van der Waals surface area contributed by atoms with E-state index < -0.39 is 0 Å². The molecule has 1 N–H and O–H groups in total. The summed E-state index contributed by atoms with van der Waals surface area (Å²) in [5, 5.41) is 7.29. The molecule has 0 aliphatic carbocycles. The number of nitrogens with one attached hydrogen (secondary N) is 1. The fourth-order valence-corrected chi connectivity index (χ4v) is 4.63. The molecule has 2 aromatic heterocycles. The fraction of sp³-hybridized carbons (Fsp3) is 0.241. The number of aryl methyl sites for hydroxylation is 1. The number of benzene rings is 2. The Morgan fingerprint density at radius 2 is 1.79 bits per heavy atom. The average Bonchev–Trinajstić information content (AvgIpc) is 3.34. The van der Waals surface area contributed by atoms with Crippen LogP contribution in [0.5, 0.6) is 11.6 Å². The van der Waals surface area contributed by atoms with Gasteiger partial charge in [0.25, 0.3) is 5.91 Å². The largest absolute Gasteiger partial charge is 0.439 e. The predicted molar refractivity (Wildman–Crippen MR) is 144 cm³/mol. The van der Waals surface area contributed by atoms with E-state index in [1.165, 1.54) is 11.8 Å². The Balaban J connectivity index is 1.10. The Bertz CT molecular complexity index is 1390. The van der Waals surface area contributed by atoms with Crippen molar-refractivity contribution in [3.8, 4) is 11.6 Å². The van der Waals surface area contributed by atoms with Crippen molar-refractivity contribution in [2.24, 2.45) is 0 Å². The number of carbonyl (C=O) groups is 2. The molecule has 1 aliphatic heterocycles. The zero-order chi connectivity index (χ0) is 26.5. The highest BCUT2D eigenvalue weighted by atomic mass is 35.5. The summed E-state index contributed by atoms with van der Waals surface area (Å²) < 4.78 is 10.7. The quantitative estimate of drug-likeness (QED) is 0.313. The van der Waals surface area contributed by atoms with Crippen LogP contribution in [0.4, 0.5) is 5.69 Å². The second-order valence-corrected chi connectivity index (χ2v) is 9.72. The molecule has 1 saturated heterocycles. The van der Waals surface area contributed by atoms with Crippen molar-refractivity contribution in [1.82, 2.24) is 15.0 Å². The molecule has 38 heavy (non-hydrogen) atoms. The van der Waals surface area contributed by atoms with E-state index in [0.29, 0.717) is 52.7 Å². The molecule has 0 radical (unpaired) electrons. The second kappa shape index (κ2) is 11.5. The van der Waals surface area contributed by atoms with Crippen LogP contribution in [-0.2, 0) is 11.2 Å². The van der Waals surface area contributed by atoms with Crippen LogP contribution in [0.2, 0.25) is 5.02 Å². The third-order valence-electron chi connectivity index (χ3n) is 6.49. The summed E-state index contributed by atoms with van der Waals surface area (Å²) in [5.41, 5.74) is 3.18. The van der Waals surface area contributed by atoms with E-state index in [0.717, 1.165) is 18.5 Å². The molecule has 0 bridgehead atoms. The van der Waals surface area contributed by atoms with Gasteiger partial charge < -0.3 is 19.5 Å². The second-order valence-electron chi connectivity index (χ2n) is 9.28. The van der Waals surface area contributed by atoms with Crippen molar-refractivity contribution in [2.45, 2.75) is 32.1 Å². The molecule has 2 aromatic carbocycles. The molecular weight excluding hydrogens is 504 g/mol. The van der Waals surface area contributed by atoms with Gasteiger partial charge in [0.2, 0.25) is 11.8 Å². The van der Waals surface area contributed by atoms with E-state index in [1.54, 1.807) is 49.4 Å². The van der Waals surface area contributed by atoms with Gasteiger partial charge in [-0.05, 0) is 73.7 Å². The van der Waals surface area contributed by atoms with Crippen molar-refractivity contribution in [2.75, 3.05) is 18.4 Å². The number of amides is 2.